The van der Waals surface area contributed by atoms with Gasteiger partial charge in [0.1, 0.15) is 0 Å². The lowest BCUT2D eigenvalue weighted by molar-refractivity contribution is -0.143. The molecule has 0 aliphatic heterocycles. The molecule has 6 nitrogen and oxygen atoms in total. The van der Waals surface area contributed by atoms with Crippen LogP contribution in [0.3, 0.4) is 0 Å². The highest BCUT2D eigenvalue weighted by Gasteiger charge is 2.18. The Morgan fingerprint density at radius 3 is 0.971 bits per heavy atom. The average Bonchev–Trinajstić information content (AvgIpc) is 3.36. The molecule has 0 fully saturated rings. The van der Waals surface area contributed by atoms with E-state index in [4.69, 9.17) is 4.74 Å². The number of hydrogen-bond donors (Lipinski definition) is 3. The van der Waals surface area contributed by atoms with Gasteiger partial charge >= 0.3 is 5.97 Å². The molecule has 0 rings (SSSR count). The van der Waals surface area contributed by atoms with Crippen molar-refractivity contribution in [2.45, 2.75) is 373 Å². The SMILES string of the molecule is CCCCCCCCCCCCCCCC/C=C/C(O)C(CO)NC(=O)CCCCCCCCCCCCCCCCCCCCCCCCCCCOC(=O)CCCCCCCCCCCCCC. The molecule has 0 aromatic carbocycles. The lowest BCUT2D eigenvalue weighted by atomic mass is 10.0. The predicted octanol–water partition coefficient (Wildman–Crippen LogP) is 20.0. The third-order valence-electron chi connectivity index (χ3n) is 15.1. The van der Waals surface area contributed by atoms with E-state index in [0.717, 1.165) is 38.5 Å². The smallest absolute Gasteiger partial charge is 0.305 e. The summed E-state index contributed by atoms with van der Waals surface area (Å²) in [4.78, 5) is 24.5. The van der Waals surface area contributed by atoms with E-state index in [1.807, 2.05) is 6.08 Å². The summed E-state index contributed by atoms with van der Waals surface area (Å²) in [7, 11) is 0. The maximum Gasteiger partial charge on any atom is 0.305 e. The van der Waals surface area contributed by atoms with E-state index >= 15 is 0 Å². The summed E-state index contributed by atoms with van der Waals surface area (Å²) in [6.45, 7) is 4.93. The van der Waals surface area contributed by atoms with Crippen LogP contribution in [0.1, 0.15) is 361 Å². The summed E-state index contributed by atoms with van der Waals surface area (Å²) >= 11 is 0. The third kappa shape index (κ3) is 55.9. The fourth-order valence-electron chi connectivity index (χ4n) is 10.2. The number of aliphatic hydroxyl groups excluding tert-OH is 2. The molecule has 0 bridgehead atoms. The van der Waals surface area contributed by atoms with E-state index in [1.54, 1.807) is 6.08 Å². The van der Waals surface area contributed by atoms with Crippen molar-refractivity contribution in [2.24, 2.45) is 0 Å². The minimum atomic E-state index is -0.842. The van der Waals surface area contributed by atoms with Crippen molar-refractivity contribution < 1.29 is 24.5 Å². The topological polar surface area (TPSA) is 95.9 Å². The molecule has 1 amide bonds. The second kappa shape index (κ2) is 60.2. The fourth-order valence-corrected chi connectivity index (χ4v) is 10.2. The van der Waals surface area contributed by atoms with Gasteiger partial charge in [-0.3, -0.25) is 9.59 Å². The van der Waals surface area contributed by atoms with E-state index in [2.05, 4.69) is 19.2 Å². The number of aliphatic hydroxyl groups is 2. The number of carbonyl (C=O) groups is 2. The molecular formula is C64H125NO5. The van der Waals surface area contributed by atoms with Gasteiger partial charge in [-0.2, -0.15) is 0 Å². The van der Waals surface area contributed by atoms with E-state index in [-0.39, 0.29) is 18.5 Å². The summed E-state index contributed by atoms with van der Waals surface area (Å²) in [6.07, 6.45) is 72.6. The van der Waals surface area contributed by atoms with Crippen LogP contribution in [0.2, 0.25) is 0 Å². The number of ether oxygens (including phenoxy) is 1. The Balaban J connectivity index is 3.37. The highest BCUT2D eigenvalue weighted by molar-refractivity contribution is 5.76. The molecule has 0 heterocycles. The standard InChI is InChI=1S/C64H125NO5/c1-3-5-7-9-11-13-15-17-18-30-33-36-40-44-48-52-56-62(67)61(60-66)65-63(68)57-53-49-45-41-37-34-31-28-26-24-22-20-19-21-23-25-27-29-32-35-39-43-47-51-55-59-70-64(69)58-54-50-46-42-38-16-14-12-10-8-6-4-2/h52,56,61-62,66-67H,3-51,53-55,57-60H2,1-2H3,(H,65,68)/b56-52+. The molecule has 6 heteroatoms. The molecule has 0 radical (unpaired) electrons. The third-order valence-corrected chi connectivity index (χ3v) is 15.1. The molecule has 2 atom stereocenters. The monoisotopic (exact) mass is 988 g/mol. The van der Waals surface area contributed by atoms with Crippen LogP contribution in [0, 0.1) is 0 Å². The number of nitrogens with one attached hydrogen (secondary N) is 1. The van der Waals surface area contributed by atoms with Crippen molar-refractivity contribution in [1.82, 2.24) is 5.32 Å². The molecule has 0 aromatic rings. The number of amides is 1. The maximum absolute atomic E-state index is 12.5. The van der Waals surface area contributed by atoms with Crippen LogP contribution in [0.15, 0.2) is 12.2 Å². The largest absolute Gasteiger partial charge is 0.466 e. The van der Waals surface area contributed by atoms with Crippen LogP contribution in [0.5, 0.6) is 0 Å². The molecule has 70 heavy (non-hydrogen) atoms. The lowest BCUT2D eigenvalue weighted by Crippen LogP contribution is -2.45. The fraction of sp³-hybridized carbons (Fsp3) is 0.938. The first-order chi connectivity index (χ1) is 34.5. The van der Waals surface area contributed by atoms with Crippen molar-refractivity contribution in [3.8, 4) is 0 Å². The molecule has 0 saturated carbocycles. The Kier molecular flexibility index (Phi) is 59.0. The Morgan fingerprint density at radius 2 is 0.657 bits per heavy atom. The summed E-state index contributed by atoms with van der Waals surface area (Å²) in [5.41, 5.74) is 0. The predicted molar refractivity (Wildman–Crippen MR) is 306 cm³/mol. The Morgan fingerprint density at radius 1 is 0.386 bits per heavy atom. The van der Waals surface area contributed by atoms with Crippen LogP contribution >= 0.6 is 0 Å². The van der Waals surface area contributed by atoms with Crippen LogP contribution < -0.4 is 5.32 Å². The zero-order valence-corrected chi connectivity index (χ0v) is 47.5. The van der Waals surface area contributed by atoms with Crippen molar-refractivity contribution in [1.29, 1.82) is 0 Å². The lowest BCUT2D eigenvalue weighted by Gasteiger charge is -2.20. The highest BCUT2D eigenvalue weighted by atomic mass is 16.5. The van der Waals surface area contributed by atoms with Crippen LogP contribution in [0.4, 0.5) is 0 Å². The van der Waals surface area contributed by atoms with Crippen molar-refractivity contribution in [3.05, 3.63) is 12.2 Å². The molecular weight excluding hydrogens is 863 g/mol. The molecule has 0 aromatic heterocycles. The number of carbonyl (C=O) groups excluding carboxylic acids is 2. The van der Waals surface area contributed by atoms with Crippen LogP contribution in [-0.2, 0) is 14.3 Å². The minimum absolute atomic E-state index is 0.0173. The van der Waals surface area contributed by atoms with Gasteiger partial charge in [0.2, 0.25) is 5.91 Å². The Bertz CT molecular complexity index is 1050. The van der Waals surface area contributed by atoms with Gasteiger partial charge in [0.15, 0.2) is 0 Å². The van der Waals surface area contributed by atoms with Crippen molar-refractivity contribution in [3.63, 3.8) is 0 Å². The number of rotatable bonds is 60. The second-order valence-electron chi connectivity index (χ2n) is 22.1. The van der Waals surface area contributed by atoms with Crippen LogP contribution in [0.25, 0.3) is 0 Å². The first kappa shape index (κ1) is 68.6. The van der Waals surface area contributed by atoms with Crippen molar-refractivity contribution >= 4 is 11.9 Å². The quantitative estimate of drug-likeness (QED) is 0.0321. The number of esters is 1. The van der Waals surface area contributed by atoms with Gasteiger partial charge in [0.05, 0.1) is 25.4 Å². The van der Waals surface area contributed by atoms with E-state index < -0.39 is 12.1 Å². The average molecular weight is 989 g/mol. The highest BCUT2D eigenvalue weighted by Crippen LogP contribution is 2.18. The van der Waals surface area contributed by atoms with E-state index in [0.29, 0.717) is 19.4 Å². The van der Waals surface area contributed by atoms with E-state index in [9.17, 15) is 19.8 Å². The van der Waals surface area contributed by atoms with Gasteiger partial charge in [-0.1, -0.05) is 328 Å². The van der Waals surface area contributed by atoms with Gasteiger partial charge in [0.25, 0.3) is 0 Å². The summed E-state index contributed by atoms with van der Waals surface area (Å²) < 4.78 is 5.48. The van der Waals surface area contributed by atoms with Gasteiger partial charge in [-0.25, -0.2) is 0 Å². The molecule has 2 unspecified atom stereocenters. The summed E-state index contributed by atoms with van der Waals surface area (Å²) in [5, 5.41) is 23.2. The van der Waals surface area contributed by atoms with Gasteiger partial charge in [-0.05, 0) is 32.1 Å². The normalized spacial score (nSPS) is 12.6. The Hall–Kier alpha value is -1.40. The molecule has 416 valence electrons. The number of hydrogen-bond acceptors (Lipinski definition) is 5. The molecule has 3 N–H and O–H groups in total. The maximum atomic E-state index is 12.5. The second-order valence-corrected chi connectivity index (χ2v) is 22.1. The van der Waals surface area contributed by atoms with Crippen molar-refractivity contribution in [2.75, 3.05) is 13.2 Å². The summed E-state index contributed by atoms with van der Waals surface area (Å²) in [5.74, 6) is -0.0462. The minimum Gasteiger partial charge on any atom is -0.466 e. The summed E-state index contributed by atoms with van der Waals surface area (Å²) in [6, 6.07) is -0.625. The van der Waals surface area contributed by atoms with Crippen LogP contribution in [-0.4, -0.2) is 47.4 Å². The van der Waals surface area contributed by atoms with Gasteiger partial charge in [-0.15, -0.1) is 0 Å². The number of allylic oxidation sites excluding steroid dienone is 1. The Labute approximate surface area is 438 Å². The molecule has 0 saturated heterocycles. The molecule has 0 aliphatic carbocycles. The van der Waals surface area contributed by atoms with Gasteiger partial charge < -0.3 is 20.3 Å². The molecule has 0 spiro atoms. The zero-order chi connectivity index (χ0) is 50.7. The zero-order valence-electron chi connectivity index (χ0n) is 47.5. The van der Waals surface area contributed by atoms with Gasteiger partial charge in [0, 0.05) is 12.8 Å². The first-order valence-electron chi connectivity index (χ1n) is 32.0. The molecule has 0 aliphatic rings. The van der Waals surface area contributed by atoms with E-state index in [1.165, 1.54) is 295 Å². The number of unbranched alkanes of at least 4 members (excludes halogenated alkanes) is 49. The first-order valence-corrected chi connectivity index (χ1v) is 32.0.